The Balaban J connectivity index is 1.61. The molecule has 1 unspecified atom stereocenters. The first-order valence-corrected chi connectivity index (χ1v) is 10.8. The van der Waals surface area contributed by atoms with E-state index in [4.69, 9.17) is 19.2 Å². The number of ether oxygens (including phenoxy) is 3. The third-order valence-corrected chi connectivity index (χ3v) is 5.67. The molecule has 2 heterocycles. The summed E-state index contributed by atoms with van der Waals surface area (Å²) >= 11 is 0. The first-order valence-electron chi connectivity index (χ1n) is 10.8. The van der Waals surface area contributed by atoms with Crippen molar-refractivity contribution in [3.05, 3.63) is 65.4 Å². The number of aromatic nitrogens is 1. The molecule has 1 fully saturated rings. The van der Waals surface area contributed by atoms with Gasteiger partial charge < -0.3 is 14.2 Å². The van der Waals surface area contributed by atoms with Gasteiger partial charge in [-0.05, 0) is 37.1 Å². The highest BCUT2D eigenvalue weighted by Gasteiger charge is 2.37. The lowest BCUT2D eigenvalue weighted by Crippen LogP contribution is -2.26. The molecule has 33 heavy (non-hydrogen) atoms. The standard InChI is InChI=1S/C25H23N3O5/c1-14(29)28-25(18-8-6-10-22(31-3)23(18)32-15(2)30)33-24(27-28)19-13-21(16-11-12-16)26-20-9-5-4-7-17(19)20/h4-10,13,16,25H,11-12H2,1-3H3. The summed E-state index contributed by atoms with van der Waals surface area (Å²) in [5.41, 5.74) is 3.07. The zero-order valence-electron chi connectivity index (χ0n) is 18.6. The molecule has 168 valence electrons. The van der Waals surface area contributed by atoms with Gasteiger partial charge in [0, 0.05) is 36.4 Å². The van der Waals surface area contributed by atoms with Crippen molar-refractivity contribution in [1.29, 1.82) is 0 Å². The Labute approximate surface area is 190 Å². The van der Waals surface area contributed by atoms with E-state index in [1.807, 2.05) is 30.3 Å². The second kappa shape index (κ2) is 8.20. The minimum absolute atomic E-state index is 0.193. The highest BCUT2D eigenvalue weighted by atomic mass is 16.6. The van der Waals surface area contributed by atoms with Crippen LogP contribution in [0.5, 0.6) is 11.5 Å². The normalized spacial score (nSPS) is 17.5. The largest absolute Gasteiger partial charge is 0.493 e. The molecule has 1 amide bonds. The van der Waals surface area contributed by atoms with Gasteiger partial charge in [-0.3, -0.25) is 14.6 Å². The van der Waals surface area contributed by atoms with Crippen LogP contribution >= 0.6 is 0 Å². The molecule has 0 spiro atoms. The summed E-state index contributed by atoms with van der Waals surface area (Å²) in [7, 11) is 1.48. The van der Waals surface area contributed by atoms with Crippen LogP contribution in [0, 0.1) is 0 Å². The first-order chi connectivity index (χ1) is 16.0. The van der Waals surface area contributed by atoms with Gasteiger partial charge in [0.05, 0.1) is 18.2 Å². The van der Waals surface area contributed by atoms with E-state index in [2.05, 4.69) is 5.10 Å². The SMILES string of the molecule is COc1cccc(C2OC(c3cc(C4CC4)nc4ccccc34)=NN2C(C)=O)c1OC(C)=O. The van der Waals surface area contributed by atoms with Crippen LogP contribution in [0.2, 0.25) is 0 Å². The predicted molar refractivity (Wildman–Crippen MR) is 121 cm³/mol. The molecule has 0 N–H and O–H groups in total. The molecule has 3 aromatic rings. The molecule has 2 aliphatic rings. The smallest absolute Gasteiger partial charge is 0.308 e. The van der Waals surface area contributed by atoms with E-state index in [0.29, 0.717) is 23.1 Å². The number of rotatable bonds is 5. The number of hydrazone groups is 1. The van der Waals surface area contributed by atoms with E-state index in [-0.39, 0.29) is 11.7 Å². The average molecular weight is 445 g/mol. The van der Waals surface area contributed by atoms with Crippen LogP contribution < -0.4 is 9.47 Å². The van der Waals surface area contributed by atoms with Crippen LogP contribution in [-0.2, 0) is 14.3 Å². The fourth-order valence-electron chi connectivity index (χ4n) is 3.98. The second-order valence-electron chi connectivity index (χ2n) is 8.10. The summed E-state index contributed by atoms with van der Waals surface area (Å²) < 4.78 is 17.1. The minimum atomic E-state index is -0.918. The number of esters is 1. The minimum Gasteiger partial charge on any atom is -0.493 e. The van der Waals surface area contributed by atoms with Crippen molar-refractivity contribution in [1.82, 2.24) is 9.99 Å². The van der Waals surface area contributed by atoms with Crippen molar-refractivity contribution >= 4 is 28.7 Å². The quantitative estimate of drug-likeness (QED) is 0.430. The maximum absolute atomic E-state index is 12.5. The summed E-state index contributed by atoms with van der Waals surface area (Å²) in [6.45, 7) is 2.72. The van der Waals surface area contributed by atoms with Crippen LogP contribution in [0.3, 0.4) is 0 Å². The van der Waals surface area contributed by atoms with Gasteiger partial charge in [-0.1, -0.05) is 24.3 Å². The van der Waals surface area contributed by atoms with Crippen molar-refractivity contribution in [3.8, 4) is 11.5 Å². The fraction of sp³-hybridized carbons (Fsp3) is 0.280. The van der Waals surface area contributed by atoms with Crippen molar-refractivity contribution in [2.24, 2.45) is 5.10 Å². The summed E-state index contributed by atoms with van der Waals surface area (Å²) in [5, 5.41) is 6.67. The van der Waals surface area contributed by atoms with Crippen molar-refractivity contribution in [2.75, 3.05) is 7.11 Å². The second-order valence-corrected chi connectivity index (χ2v) is 8.10. The Morgan fingerprint density at radius 3 is 2.58 bits per heavy atom. The molecular weight excluding hydrogens is 422 g/mol. The van der Waals surface area contributed by atoms with Gasteiger partial charge in [-0.15, -0.1) is 5.10 Å². The highest BCUT2D eigenvalue weighted by Crippen LogP contribution is 2.43. The van der Waals surface area contributed by atoms with Crippen molar-refractivity contribution in [3.63, 3.8) is 0 Å². The van der Waals surface area contributed by atoms with E-state index < -0.39 is 12.2 Å². The third kappa shape index (κ3) is 3.88. The van der Waals surface area contributed by atoms with E-state index in [1.165, 1.54) is 26.0 Å². The summed E-state index contributed by atoms with van der Waals surface area (Å²) in [6.07, 6.45) is 1.30. The molecule has 1 atom stereocenters. The number of amides is 1. The monoisotopic (exact) mass is 445 g/mol. The summed E-state index contributed by atoms with van der Waals surface area (Å²) in [5.74, 6) is 0.472. The Kier molecular flexibility index (Phi) is 5.20. The molecule has 1 aliphatic heterocycles. The number of nitrogens with zero attached hydrogens (tertiary/aromatic N) is 3. The topological polar surface area (TPSA) is 90.3 Å². The van der Waals surface area contributed by atoms with Gasteiger partial charge in [0.25, 0.3) is 0 Å². The molecule has 8 heteroatoms. The molecule has 1 saturated carbocycles. The maximum Gasteiger partial charge on any atom is 0.308 e. The molecule has 1 aliphatic carbocycles. The van der Waals surface area contributed by atoms with Crippen molar-refractivity contribution in [2.45, 2.75) is 38.8 Å². The molecule has 2 aromatic carbocycles. The zero-order chi connectivity index (χ0) is 23.1. The molecule has 8 nitrogen and oxygen atoms in total. The Hall–Kier alpha value is -3.94. The van der Waals surface area contributed by atoms with Gasteiger partial charge in [-0.2, -0.15) is 5.01 Å². The third-order valence-electron chi connectivity index (χ3n) is 5.67. The zero-order valence-corrected chi connectivity index (χ0v) is 18.6. The lowest BCUT2D eigenvalue weighted by atomic mass is 10.1. The number of methoxy groups -OCH3 is 1. The van der Waals surface area contributed by atoms with Crippen LogP contribution in [0.15, 0.2) is 53.6 Å². The highest BCUT2D eigenvalue weighted by molar-refractivity contribution is 6.07. The van der Waals surface area contributed by atoms with Crippen molar-refractivity contribution < 1.29 is 23.8 Å². The molecule has 0 radical (unpaired) electrons. The lowest BCUT2D eigenvalue weighted by Gasteiger charge is -2.22. The number of pyridine rings is 1. The van der Waals surface area contributed by atoms with E-state index in [9.17, 15) is 9.59 Å². The number of hydrogen-bond donors (Lipinski definition) is 0. The lowest BCUT2D eigenvalue weighted by molar-refractivity contribution is -0.135. The number of carbonyl (C=O) groups excluding carboxylic acids is 2. The molecule has 0 saturated heterocycles. The van der Waals surface area contributed by atoms with Gasteiger partial charge in [-0.25, -0.2) is 0 Å². The number of fused-ring (bicyclic) bond motifs is 1. The van der Waals surface area contributed by atoms with Gasteiger partial charge in [0.1, 0.15) is 0 Å². The number of carbonyl (C=O) groups is 2. The Morgan fingerprint density at radius 2 is 1.88 bits per heavy atom. The van der Waals surface area contributed by atoms with E-state index in [0.717, 1.165) is 35.0 Å². The van der Waals surface area contributed by atoms with Gasteiger partial charge in [0.2, 0.25) is 18.0 Å². The van der Waals surface area contributed by atoms with E-state index in [1.54, 1.807) is 18.2 Å². The molecular formula is C25H23N3O5. The fourth-order valence-corrected chi connectivity index (χ4v) is 3.98. The number of para-hydroxylation sites is 2. The van der Waals surface area contributed by atoms with Crippen LogP contribution in [-0.4, -0.2) is 34.9 Å². The van der Waals surface area contributed by atoms with Crippen LogP contribution in [0.4, 0.5) is 0 Å². The molecule has 5 rings (SSSR count). The Morgan fingerprint density at radius 1 is 1.09 bits per heavy atom. The number of benzene rings is 2. The number of hydrogen-bond acceptors (Lipinski definition) is 7. The molecule has 1 aromatic heterocycles. The average Bonchev–Trinajstić information content (AvgIpc) is 3.56. The predicted octanol–water partition coefficient (Wildman–Crippen LogP) is 4.29. The van der Waals surface area contributed by atoms with Gasteiger partial charge >= 0.3 is 5.97 Å². The van der Waals surface area contributed by atoms with Gasteiger partial charge in [0.15, 0.2) is 11.5 Å². The maximum atomic E-state index is 12.5. The van der Waals surface area contributed by atoms with E-state index >= 15 is 0 Å². The first kappa shape index (κ1) is 20.9. The summed E-state index contributed by atoms with van der Waals surface area (Å²) in [6, 6.07) is 14.9. The summed E-state index contributed by atoms with van der Waals surface area (Å²) in [4.78, 5) is 29.1. The molecule has 0 bridgehead atoms. The van der Waals surface area contributed by atoms with Crippen LogP contribution in [0.1, 0.15) is 55.7 Å². The Bertz CT molecular complexity index is 1300. The van der Waals surface area contributed by atoms with Crippen LogP contribution in [0.25, 0.3) is 10.9 Å².